The quantitative estimate of drug-likeness (QED) is 0.511. The van der Waals surface area contributed by atoms with Crippen molar-refractivity contribution in [2.45, 2.75) is 25.9 Å². The summed E-state index contributed by atoms with van der Waals surface area (Å²) in [5.41, 5.74) is 6.10. The fraction of sp³-hybridized carbons (Fsp3) is 0.222. The number of benzene rings is 2. The Morgan fingerprint density at radius 1 is 1.09 bits per heavy atom. The van der Waals surface area contributed by atoms with Crippen LogP contribution in [0, 0.1) is 0 Å². The van der Waals surface area contributed by atoms with Crippen LogP contribution in [0.1, 0.15) is 34.8 Å². The molecule has 0 heterocycles. The van der Waals surface area contributed by atoms with Crippen LogP contribution >= 0.6 is 0 Å². The van der Waals surface area contributed by atoms with Crippen molar-refractivity contribution in [3.05, 3.63) is 59.2 Å². The summed E-state index contributed by atoms with van der Waals surface area (Å²) in [6.45, 7) is 1.91. The largest absolute Gasteiger partial charge is 0.446 e. The third-order valence-corrected chi connectivity index (χ3v) is 3.57. The molecule has 0 bridgehead atoms. The molecule has 0 fully saturated rings. The molecule has 23 heavy (non-hydrogen) atoms. The van der Waals surface area contributed by atoms with Gasteiger partial charge in [-0.15, -0.1) is 0 Å². The fourth-order valence-electron chi connectivity index (χ4n) is 2.52. The average Bonchev–Trinajstić information content (AvgIpc) is 2.91. The molecular formula is C18H15F3O2. The molecule has 0 spiro atoms. The van der Waals surface area contributed by atoms with E-state index in [0.717, 1.165) is 12.0 Å². The van der Waals surface area contributed by atoms with E-state index in [0.29, 0.717) is 6.42 Å². The third kappa shape index (κ3) is 4.06. The van der Waals surface area contributed by atoms with Gasteiger partial charge in [0.05, 0.1) is 0 Å². The molecule has 0 unspecified atom stereocenters. The van der Waals surface area contributed by atoms with Crippen LogP contribution < -0.4 is 0 Å². The summed E-state index contributed by atoms with van der Waals surface area (Å²) in [6.07, 6.45) is -4.17. The van der Waals surface area contributed by atoms with Crippen molar-refractivity contribution >= 4 is 12.1 Å². The second kappa shape index (κ2) is 6.77. The molecule has 0 N–H and O–H groups in total. The minimum atomic E-state index is -4.64. The number of alkyl halides is 3. The van der Waals surface area contributed by atoms with Crippen molar-refractivity contribution in [3.8, 4) is 11.1 Å². The van der Waals surface area contributed by atoms with Crippen molar-refractivity contribution in [2.24, 2.45) is 0 Å². The maximum atomic E-state index is 11.7. The van der Waals surface area contributed by atoms with E-state index in [9.17, 15) is 18.0 Å². The van der Waals surface area contributed by atoms with Gasteiger partial charge in [0.25, 0.3) is 0 Å². The zero-order chi connectivity index (χ0) is 17.0. The van der Waals surface area contributed by atoms with Crippen LogP contribution in [0.4, 0.5) is 13.2 Å². The lowest BCUT2D eigenvalue weighted by molar-refractivity contribution is -0.156. The molecule has 1 aliphatic rings. The van der Waals surface area contributed by atoms with E-state index in [1.54, 1.807) is 0 Å². The Balaban J connectivity index is 0.000000277. The van der Waals surface area contributed by atoms with E-state index in [2.05, 4.69) is 36.4 Å². The van der Waals surface area contributed by atoms with Gasteiger partial charge in [-0.05, 0) is 34.7 Å². The lowest BCUT2D eigenvalue weighted by Crippen LogP contribution is -2.07. The number of fused-ring (bicyclic) bond motifs is 3. The number of ketones is 1. The predicted molar refractivity (Wildman–Crippen MR) is 81.4 cm³/mol. The second-order valence-electron chi connectivity index (χ2n) is 5.14. The first kappa shape index (κ1) is 16.9. The van der Waals surface area contributed by atoms with Crippen molar-refractivity contribution in [2.75, 3.05) is 0 Å². The van der Waals surface area contributed by atoms with Gasteiger partial charge in [-0.3, -0.25) is 9.59 Å². The molecule has 120 valence electrons. The Bertz CT molecular complexity index is 733. The lowest BCUT2D eigenvalue weighted by Gasteiger charge is -2.03. The van der Waals surface area contributed by atoms with Crippen molar-refractivity contribution < 1.29 is 22.8 Å². The second-order valence-corrected chi connectivity index (χ2v) is 5.14. The molecule has 0 amide bonds. The Morgan fingerprint density at radius 3 is 2.30 bits per heavy atom. The third-order valence-electron chi connectivity index (χ3n) is 3.57. The highest BCUT2D eigenvalue weighted by atomic mass is 19.4. The highest BCUT2D eigenvalue weighted by Gasteiger charge is 2.24. The van der Waals surface area contributed by atoms with Crippen molar-refractivity contribution in [1.82, 2.24) is 0 Å². The number of hydrogen-bond acceptors (Lipinski definition) is 2. The molecule has 3 rings (SSSR count). The summed E-state index contributed by atoms with van der Waals surface area (Å²) in [6, 6.07) is 14.6. The molecule has 5 heteroatoms. The van der Waals surface area contributed by atoms with Crippen LogP contribution in [-0.2, 0) is 11.2 Å². The van der Waals surface area contributed by atoms with E-state index in [4.69, 9.17) is 4.79 Å². The molecule has 0 saturated heterocycles. The van der Waals surface area contributed by atoms with E-state index >= 15 is 0 Å². The number of Topliss-reactive ketones (excluding diaryl/α,β-unsaturated/α-hetero) is 1. The standard InChI is InChI=1S/C16H14O.C2HF3O/c1-2-16(17)12-7-8-15-13(10-12)9-11-5-3-4-6-14(11)15;3-2(4,5)1-6/h3-8,10H,2,9H2,1H3;1H. The normalized spacial score (nSPS) is 11.8. The molecule has 2 nitrogen and oxygen atoms in total. The van der Waals surface area contributed by atoms with Gasteiger partial charge in [0.1, 0.15) is 0 Å². The molecule has 1 aliphatic carbocycles. The van der Waals surface area contributed by atoms with Gasteiger partial charge in [0.15, 0.2) is 5.78 Å². The average molecular weight is 320 g/mol. The van der Waals surface area contributed by atoms with Gasteiger partial charge in [-0.2, -0.15) is 13.2 Å². The number of halogens is 3. The first-order valence-corrected chi connectivity index (χ1v) is 7.13. The maximum absolute atomic E-state index is 11.7. The Hall–Kier alpha value is -2.43. The van der Waals surface area contributed by atoms with Crippen molar-refractivity contribution in [3.63, 3.8) is 0 Å². The maximum Gasteiger partial charge on any atom is 0.446 e. The Kier molecular flexibility index (Phi) is 4.98. The highest BCUT2D eigenvalue weighted by molar-refractivity contribution is 5.97. The Morgan fingerprint density at radius 2 is 1.70 bits per heavy atom. The number of hydrogen-bond donors (Lipinski definition) is 0. The number of carbonyl (C=O) groups is 2. The number of carbonyl (C=O) groups excluding carboxylic acids is 2. The minimum absolute atomic E-state index is 0.226. The Labute approximate surface area is 131 Å². The lowest BCUT2D eigenvalue weighted by atomic mass is 10.0. The van der Waals surface area contributed by atoms with E-state index < -0.39 is 12.5 Å². The summed E-state index contributed by atoms with van der Waals surface area (Å²) in [4.78, 5) is 20.4. The fourth-order valence-corrected chi connectivity index (χ4v) is 2.52. The zero-order valence-electron chi connectivity index (χ0n) is 12.5. The van der Waals surface area contributed by atoms with Crippen LogP contribution in [0.15, 0.2) is 42.5 Å². The molecular weight excluding hydrogens is 305 g/mol. The van der Waals surface area contributed by atoms with Crippen LogP contribution in [-0.4, -0.2) is 18.2 Å². The van der Waals surface area contributed by atoms with Crippen LogP contribution in [0.5, 0.6) is 0 Å². The SMILES string of the molecule is CCC(=O)c1ccc2c(c1)Cc1ccccc1-2.O=CC(F)(F)F. The van der Waals surface area contributed by atoms with Gasteiger partial charge >= 0.3 is 6.18 Å². The number of aldehydes is 1. The molecule has 0 radical (unpaired) electrons. The summed E-state index contributed by atoms with van der Waals surface area (Å²) in [7, 11) is 0. The van der Waals surface area contributed by atoms with Gasteiger partial charge in [-0.25, -0.2) is 0 Å². The zero-order valence-corrected chi connectivity index (χ0v) is 12.5. The monoisotopic (exact) mass is 320 g/mol. The van der Waals surface area contributed by atoms with Gasteiger partial charge in [0.2, 0.25) is 6.29 Å². The number of rotatable bonds is 2. The molecule has 0 aromatic heterocycles. The summed E-state index contributed by atoms with van der Waals surface area (Å²) in [5.74, 6) is 0.226. The molecule has 0 saturated carbocycles. The predicted octanol–water partition coefficient (Wildman–Crippen LogP) is 4.60. The van der Waals surface area contributed by atoms with Crippen LogP contribution in [0.2, 0.25) is 0 Å². The van der Waals surface area contributed by atoms with E-state index in [1.165, 1.54) is 22.3 Å². The smallest absolute Gasteiger partial charge is 0.294 e. The van der Waals surface area contributed by atoms with Crippen molar-refractivity contribution in [1.29, 1.82) is 0 Å². The molecule has 2 aromatic carbocycles. The van der Waals surface area contributed by atoms with Gasteiger partial charge in [0, 0.05) is 12.0 Å². The van der Waals surface area contributed by atoms with E-state index in [-0.39, 0.29) is 5.78 Å². The minimum Gasteiger partial charge on any atom is -0.294 e. The summed E-state index contributed by atoms with van der Waals surface area (Å²) < 4.78 is 31.2. The van der Waals surface area contributed by atoms with Crippen LogP contribution in [0.3, 0.4) is 0 Å². The van der Waals surface area contributed by atoms with Gasteiger partial charge in [-0.1, -0.05) is 43.3 Å². The highest BCUT2D eigenvalue weighted by Crippen LogP contribution is 2.36. The first-order chi connectivity index (χ1) is 10.9. The summed E-state index contributed by atoms with van der Waals surface area (Å²) in [5, 5.41) is 0. The van der Waals surface area contributed by atoms with Gasteiger partial charge < -0.3 is 0 Å². The van der Waals surface area contributed by atoms with E-state index in [1.807, 2.05) is 13.0 Å². The molecule has 0 atom stereocenters. The molecule has 0 aliphatic heterocycles. The first-order valence-electron chi connectivity index (χ1n) is 7.13. The molecule has 2 aromatic rings. The van der Waals surface area contributed by atoms with Crippen LogP contribution in [0.25, 0.3) is 11.1 Å². The topological polar surface area (TPSA) is 34.1 Å². The summed E-state index contributed by atoms with van der Waals surface area (Å²) >= 11 is 0.